The summed E-state index contributed by atoms with van der Waals surface area (Å²) in [6.45, 7) is 4.87. The van der Waals surface area contributed by atoms with Crippen LogP contribution in [0.25, 0.3) is 17.0 Å². The van der Waals surface area contributed by atoms with Gasteiger partial charge in [0.15, 0.2) is 0 Å². The number of aryl methyl sites for hydroxylation is 2. The normalized spacial score (nSPS) is 11.3. The van der Waals surface area contributed by atoms with Crippen molar-refractivity contribution in [2.24, 2.45) is 0 Å². The Labute approximate surface area is 188 Å². The Bertz CT molecular complexity index is 1320. The standard InChI is InChI=1S/C28H25N3O/c1-3-21-12-14-25(15-13-21)30-28(32)23(17-29)16-24-19-31(27-7-5-4-6-26(24)27)18-22-10-8-20(2)9-11-22/h4-16,19H,3,18H2,1-2H3,(H,30,32)/b23-16+. The van der Waals surface area contributed by atoms with E-state index in [9.17, 15) is 10.1 Å². The van der Waals surface area contributed by atoms with Gasteiger partial charge in [0.1, 0.15) is 11.6 Å². The van der Waals surface area contributed by atoms with Gasteiger partial charge in [0.05, 0.1) is 0 Å². The van der Waals surface area contributed by atoms with Crippen molar-refractivity contribution >= 4 is 28.6 Å². The maximum Gasteiger partial charge on any atom is 0.266 e. The molecule has 4 aromatic rings. The van der Waals surface area contributed by atoms with E-state index in [0.717, 1.165) is 22.9 Å². The molecule has 4 nitrogen and oxygen atoms in total. The average Bonchev–Trinajstić information content (AvgIpc) is 3.16. The van der Waals surface area contributed by atoms with Crippen LogP contribution in [0.5, 0.6) is 0 Å². The summed E-state index contributed by atoms with van der Waals surface area (Å²) < 4.78 is 2.15. The van der Waals surface area contributed by atoms with E-state index in [2.05, 4.69) is 60.1 Å². The highest BCUT2D eigenvalue weighted by molar-refractivity contribution is 6.10. The van der Waals surface area contributed by atoms with Gasteiger partial charge in [0.25, 0.3) is 5.91 Å². The van der Waals surface area contributed by atoms with Gasteiger partial charge < -0.3 is 9.88 Å². The number of fused-ring (bicyclic) bond motifs is 1. The topological polar surface area (TPSA) is 57.8 Å². The van der Waals surface area contributed by atoms with E-state index in [1.807, 2.05) is 48.7 Å². The van der Waals surface area contributed by atoms with Crippen LogP contribution in [0.1, 0.15) is 29.2 Å². The summed E-state index contributed by atoms with van der Waals surface area (Å²) in [6.07, 6.45) is 4.61. The van der Waals surface area contributed by atoms with Gasteiger partial charge in [-0.1, -0.05) is 67.1 Å². The zero-order chi connectivity index (χ0) is 22.5. The van der Waals surface area contributed by atoms with Gasteiger partial charge in [-0.2, -0.15) is 5.26 Å². The summed E-state index contributed by atoms with van der Waals surface area (Å²) in [5.41, 5.74) is 6.27. The van der Waals surface area contributed by atoms with Crippen LogP contribution < -0.4 is 5.32 Å². The van der Waals surface area contributed by atoms with Gasteiger partial charge in [0, 0.05) is 34.9 Å². The molecule has 0 aliphatic heterocycles. The largest absolute Gasteiger partial charge is 0.342 e. The number of para-hydroxylation sites is 1. The van der Waals surface area contributed by atoms with Crippen molar-refractivity contribution in [1.29, 1.82) is 5.26 Å². The molecule has 4 rings (SSSR count). The number of amides is 1. The Kier molecular flexibility index (Phi) is 6.19. The highest BCUT2D eigenvalue weighted by Gasteiger charge is 2.13. The first-order valence-electron chi connectivity index (χ1n) is 10.7. The minimum absolute atomic E-state index is 0.0720. The number of rotatable bonds is 6. The minimum Gasteiger partial charge on any atom is -0.342 e. The molecule has 0 aliphatic rings. The van der Waals surface area contributed by atoms with Crippen molar-refractivity contribution in [1.82, 2.24) is 4.57 Å². The van der Waals surface area contributed by atoms with Gasteiger partial charge in [0.2, 0.25) is 0 Å². The number of anilines is 1. The predicted molar refractivity (Wildman–Crippen MR) is 130 cm³/mol. The molecule has 0 fully saturated rings. The summed E-state index contributed by atoms with van der Waals surface area (Å²) in [4.78, 5) is 12.8. The van der Waals surface area contributed by atoms with E-state index in [-0.39, 0.29) is 5.57 Å². The molecule has 0 aliphatic carbocycles. The second kappa shape index (κ2) is 9.36. The van der Waals surface area contributed by atoms with Crippen molar-refractivity contribution in [3.8, 4) is 6.07 Å². The third kappa shape index (κ3) is 4.63. The van der Waals surface area contributed by atoms with Crippen LogP contribution in [0.2, 0.25) is 0 Å². The molecule has 32 heavy (non-hydrogen) atoms. The lowest BCUT2D eigenvalue weighted by molar-refractivity contribution is -0.112. The zero-order valence-electron chi connectivity index (χ0n) is 18.3. The summed E-state index contributed by atoms with van der Waals surface area (Å²) in [6, 6.07) is 26.2. The molecule has 0 radical (unpaired) electrons. The summed E-state index contributed by atoms with van der Waals surface area (Å²) in [5.74, 6) is -0.410. The maximum atomic E-state index is 12.8. The molecule has 158 valence electrons. The van der Waals surface area contributed by atoms with Gasteiger partial charge >= 0.3 is 0 Å². The number of nitriles is 1. The van der Waals surface area contributed by atoms with E-state index in [1.165, 1.54) is 16.7 Å². The highest BCUT2D eigenvalue weighted by Crippen LogP contribution is 2.25. The van der Waals surface area contributed by atoms with Crippen LogP contribution in [0.4, 0.5) is 5.69 Å². The monoisotopic (exact) mass is 419 g/mol. The number of carbonyl (C=O) groups excluding carboxylic acids is 1. The fourth-order valence-electron chi connectivity index (χ4n) is 3.74. The van der Waals surface area contributed by atoms with Crippen LogP contribution in [-0.4, -0.2) is 10.5 Å². The first kappa shape index (κ1) is 21.1. The number of benzene rings is 3. The smallest absolute Gasteiger partial charge is 0.266 e. The van der Waals surface area contributed by atoms with Crippen molar-refractivity contribution in [2.75, 3.05) is 5.32 Å². The Morgan fingerprint density at radius 3 is 2.38 bits per heavy atom. The Hall–Kier alpha value is -4.10. The molecule has 3 aromatic carbocycles. The third-order valence-corrected chi connectivity index (χ3v) is 5.58. The molecular weight excluding hydrogens is 394 g/mol. The van der Waals surface area contributed by atoms with Gasteiger partial charge in [-0.15, -0.1) is 0 Å². The van der Waals surface area contributed by atoms with Crippen molar-refractivity contribution in [2.45, 2.75) is 26.8 Å². The molecule has 0 saturated heterocycles. The Balaban J connectivity index is 1.64. The fourth-order valence-corrected chi connectivity index (χ4v) is 3.74. The Morgan fingerprint density at radius 1 is 1.00 bits per heavy atom. The molecule has 1 aromatic heterocycles. The number of carbonyl (C=O) groups is 1. The van der Waals surface area contributed by atoms with Crippen LogP contribution in [-0.2, 0) is 17.8 Å². The summed E-state index contributed by atoms with van der Waals surface area (Å²) in [7, 11) is 0. The van der Waals surface area contributed by atoms with E-state index in [0.29, 0.717) is 12.2 Å². The second-order valence-electron chi connectivity index (χ2n) is 7.89. The molecule has 0 atom stereocenters. The van der Waals surface area contributed by atoms with Crippen LogP contribution in [0, 0.1) is 18.3 Å². The molecule has 1 heterocycles. The maximum absolute atomic E-state index is 12.8. The average molecular weight is 420 g/mol. The van der Waals surface area contributed by atoms with Crippen molar-refractivity contribution < 1.29 is 4.79 Å². The van der Waals surface area contributed by atoms with E-state index >= 15 is 0 Å². The first-order valence-corrected chi connectivity index (χ1v) is 10.7. The third-order valence-electron chi connectivity index (χ3n) is 5.58. The second-order valence-corrected chi connectivity index (χ2v) is 7.89. The van der Waals surface area contributed by atoms with Gasteiger partial charge in [-0.25, -0.2) is 0 Å². The molecule has 4 heteroatoms. The van der Waals surface area contributed by atoms with E-state index in [4.69, 9.17) is 0 Å². The molecule has 1 N–H and O–H groups in total. The first-order chi connectivity index (χ1) is 15.6. The molecule has 0 bridgehead atoms. The minimum atomic E-state index is -0.410. The Morgan fingerprint density at radius 2 is 1.69 bits per heavy atom. The van der Waals surface area contributed by atoms with Gasteiger partial charge in [-0.05, 0) is 48.7 Å². The van der Waals surface area contributed by atoms with Crippen LogP contribution >= 0.6 is 0 Å². The SMILES string of the molecule is CCc1ccc(NC(=O)/C(C#N)=C/c2cn(Cc3ccc(C)cc3)c3ccccc23)cc1. The number of hydrogen-bond donors (Lipinski definition) is 1. The number of hydrogen-bond acceptors (Lipinski definition) is 2. The zero-order valence-corrected chi connectivity index (χ0v) is 18.3. The molecule has 0 unspecified atom stereocenters. The quantitative estimate of drug-likeness (QED) is 0.303. The molecular formula is C28H25N3O. The number of aromatic nitrogens is 1. The fraction of sp³-hybridized carbons (Fsp3) is 0.143. The van der Waals surface area contributed by atoms with E-state index in [1.54, 1.807) is 6.08 Å². The lowest BCUT2D eigenvalue weighted by Crippen LogP contribution is -2.13. The van der Waals surface area contributed by atoms with Crippen LogP contribution in [0.15, 0.2) is 84.6 Å². The van der Waals surface area contributed by atoms with Crippen LogP contribution in [0.3, 0.4) is 0 Å². The predicted octanol–water partition coefficient (Wildman–Crippen LogP) is 6.11. The van der Waals surface area contributed by atoms with E-state index < -0.39 is 5.91 Å². The molecule has 0 saturated carbocycles. The van der Waals surface area contributed by atoms with Gasteiger partial charge in [-0.3, -0.25) is 4.79 Å². The van der Waals surface area contributed by atoms with Crippen molar-refractivity contribution in [3.63, 3.8) is 0 Å². The number of nitrogens with zero attached hydrogens (tertiary/aromatic N) is 2. The summed E-state index contributed by atoms with van der Waals surface area (Å²) >= 11 is 0. The number of nitrogens with one attached hydrogen (secondary N) is 1. The highest BCUT2D eigenvalue weighted by atomic mass is 16.1. The van der Waals surface area contributed by atoms with Crippen molar-refractivity contribution in [3.05, 3.63) is 107 Å². The lowest BCUT2D eigenvalue weighted by atomic mass is 10.1. The lowest BCUT2D eigenvalue weighted by Gasteiger charge is -2.06. The molecule has 1 amide bonds. The summed E-state index contributed by atoms with van der Waals surface area (Å²) in [5, 5.41) is 13.5. The molecule has 0 spiro atoms.